The normalized spacial score (nSPS) is 11.4. The summed E-state index contributed by atoms with van der Waals surface area (Å²) in [5, 5.41) is 9.30. The molecule has 0 atom stereocenters. The topological polar surface area (TPSA) is 65.5 Å². The molecular weight excluding hydrogens is 470 g/mol. The van der Waals surface area contributed by atoms with Crippen molar-refractivity contribution in [3.05, 3.63) is 71.0 Å². The van der Waals surface area contributed by atoms with Gasteiger partial charge >= 0.3 is 0 Å². The number of nitrogens with zero attached hydrogens (tertiary/aromatic N) is 1. The molecule has 0 aliphatic carbocycles. The highest BCUT2D eigenvalue weighted by Crippen LogP contribution is 2.08. The fourth-order valence-electron chi connectivity index (χ4n) is 2.47. The fourth-order valence-corrected chi connectivity index (χ4v) is 2.47. The molecule has 3 N–H and O–H groups in total. The second-order valence-corrected chi connectivity index (χ2v) is 7.31. The number of nitrogens with one attached hydrogen (secondary N) is 3. The summed E-state index contributed by atoms with van der Waals surface area (Å²) in [7, 11) is 1.67. The van der Waals surface area contributed by atoms with Gasteiger partial charge in [-0.25, -0.2) is 4.39 Å². The van der Waals surface area contributed by atoms with E-state index in [0.717, 1.165) is 11.1 Å². The Labute approximate surface area is 183 Å². The molecule has 0 saturated carbocycles. The molecular formula is C21H28FIN4O. The van der Waals surface area contributed by atoms with Crippen LogP contribution >= 0.6 is 24.0 Å². The third-order valence-corrected chi connectivity index (χ3v) is 3.71. The van der Waals surface area contributed by atoms with Crippen LogP contribution in [-0.2, 0) is 13.1 Å². The van der Waals surface area contributed by atoms with Gasteiger partial charge < -0.3 is 16.0 Å². The summed E-state index contributed by atoms with van der Waals surface area (Å²) in [4.78, 5) is 16.5. The molecule has 0 spiro atoms. The quantitative estimate of drug-likeness (QED) is 0.334. The monoisotopic (exact) mass is 498 g/mol. The van der Waals surface area contributed by atoms with Crippen LogP contribution in [0, 0.1) is 5.82 Å². The number of guanidine groups is 1. The summed E-state index contributed by atoms with van der Waals surface area (Å²) in [6, 6.07) is 13.9. The molecule has 0 radical (unpaired) electrons. The molecule has 5 nitrogen and oxygen atoms in total. The van der Waals surface area contributed by atoms with Gasteiger partial charge in [-0.05, 0) is 56.2 Å². The summed E-state index contributed by atoms with van der Waals surface area (Å²) in [6.45, 7) is 6.82. The Morgan fingerprint density at radius 1 is 1.00 bits per heavy atom. The summed E-state index contributed by atoms with van der Waals surface area (Å²) < 4.78 is 13.2. The lowest BCUT2D eigenvalue weighted by Crippen LogP contribution is -2.40. The van der Waals surface area contributed by atoms with Crippen molar-refractivity contribution in [2.24, 2.45) is 4.99 Å². The highest BCUT2D eigenvalue weighted by atomic mass is 127. The van der Waals surface area contributed by atoms with Crippen LogP contribution in [0.3, 0.4) is 0 Å². The molecule has 7 heteroatoms. The molecule has 0 aliphatic rings. The van der Waals surface area contributed by atoms with Gasteiger partial charge in [0.25, 0.3) is 5.91 Å². The second kappa shape index (κ2) is 11.0. The van der Waals surface area contributed by atoms with Crippen molar-refractivity contribution in [3.63, 3.8) is 0 Å². The van der Waals surface area contributed by atoms with Gasteiger partial charge in [0.15, 0.2) is 5.96 Å². The highest BCUT2D eigenvalue weighted by Gasteiger charge is 2.15. The first-order valence-electron chi connectivity index (χ1n) is 8.87. The first-order chi connectivity index (χ1) is 12.8. The molecule has 28 heavy (non-hydrogen) atoms. The van der Waals surface area contributed by atoms with E-state index in [1.165, 1.54) is 12.1 Å². The van der Waals surface area contributed by atoms with Crippen molar-refractivity contribution < 1.29 is 9.18 Å². The molecule has 2 aromatic rings. The number of rotatable bonds is 5. The summed E-state index contributed by atoms with van der Waals surface area (Å²) in [5.41, 5.74) is 2.13. The maximum atomic E-state index is 13.2. The van der Waals surface area contributed by atoms with E-state index in [0.29, 0.717) is 24.6 Å². The van der Waals surface area contributed by atoms with Crippen LogP contribution in [0.25, 0.3) is 0 Å². The lowest BCUT2D eigenvalue weighted by atomic mass is 10.1. The number of halogens is 2. The van der Waals surface area contributed by atoms with E-state index in [4.69, 9.17) is 0 Å². The molecule has 2 rings (SSSR count). The van der Waals surface area contributed by atoms with Gasteiger partial charge in [-0.15, -0.1) is 24.0 Å². The molecule has 0 aliphatic heterocycles. The maximum absolute atomic E-state index is 13.2. The summed E-state index contributed by atoms with van der Waals surface area (Å²) in [6.07, 6.45) is 0. The van der Waals surface area contributed by atoms with Crippen LogP contribution in [0.2, 0.25) is 0 Å². The third-order valence-electron chi connectivity index (χ3n) is 3.71. The largest absolute Gasteiger partial charge is 0.352 e. The molecule has 0 unspecified atom stereocenters. The Hall–Kier alpha value is -2.16. The maximum Gasteiger partial charge on any atom is 0.251 e. The van der Waals surface area contributed by atoms with Gasteiger partial charge in [-0.1, -0.05) is 24.3 Å². The van der Waals surface area contributed by atoms with Crippen LogP contribution in [0.15, 0.2) is 53.5 Å². The highest BCUT2D eigenvalue weighted by molar-refractivity contribution is 14.0. The van der Waals surface area contributed by atoms with Crippen LogP contribution in [0.4, 0.5) is 4.39 Å². The first-order valence-corrected chi connectivity index (χ1v) is 8.87. The minimum absolute atomic E-state index is 0. The zero-order valence-electron chi connectivity index (χ0n) is 16.7. The zero-order chi connectivity index (χ0) is 19.9. The van der Waals surface area contributed by atoms with Gasteiger partial charge in [0.1, 0.15) is 5.82 Å². The molecule has 152 valence electrons. The molecule has 0 aromatic heterocycles. The minimum Gasteiger partial charge on any atom is -0.352 e. The third kappa shape index (κ3) is 8.24. The van der Waals surface area contributed by atoms with Crippen molar-refractivity contribution in [2.75, 3.05) is 7.05 Å². The van der Waals surface area contributed by atoms with Gasteiger partial charge in [-0.2, -0.15) is 0 Å². The van der Waals surface area contributed by atoms with Crippen molar-refractivity contribution in [2.45, 2.75) is 39.4 Å². The zero-order valence-corrected chi connectivity index (χ0v) is 19.0. The van der Waals surface area contributed by atoms with Crippen LogP contribution in [0.1, 0.15) is 42.3 Å². The van der Waals surface area contributed by atoms with Crippen LogP contribution < -0.4 is 16.0 Å². The number of hydrogen-bond donors (Lipinski definition) is 3. The average Bonchev–Trinajstić information content (AvgIpc) is 2.61. The average molecular weight is 498 g/mol. The van der Waals surface area contributed by atoms with Crippen molar-refractivity contribution >= 4 is 35.8 Å². The van der Waals surface area contributed by atoms with E-state index >= 15 is 0 Å². The van der Waals surface area contributed by atoms with Crippen LogP contribution in [0.5, 0.6) is 0 Å². The van der Waals surface area contributed by atoms with Gasteiger partial charge in [0, 0.05) is 31.2 Å². The van der Waals surface area contributed by atoms with E-state index in [1.807, 2.05) is 45.0 Å². The lowest BCUT2D eigenvalue weighted by Gasteiger charge is -2.20. The molecule has 0 fully saturated rings. The van der Waals surface area contributed by atoms with Crippen LogP contribution in [-0.4, -0.2) is 24.5 Å². The standard InChI is InChI=1S/C21H27FN4O.HI/c1-21(2,3)26-19(27)17-9-5-7-15(11-17)13-24-20(23-4)25-14-16-8-6-10-18(22)12-16;/h5-12H,13-14H2,1-4H3,(H,26,27)(H2,23,24,25);1H. The Kier molecular flexibility index (Phi) is 9.37. The van der Waals surface area contributed by atoms with E-state index in [-0.39, 0.29) is 41.2 Å². The van der Waals surface area contributed by atoms with Crippen molar-refractivity contribution in [1.82, 2.24) is 16.0 Å². The number of carbonyl (C=O) groups excluding carboxylic acids is 1. The number of benzene rings is 2. The van der Waals surface area contributed by atoms with E-state index in [1.54, 1.807) is 19.2 Å². The lowest BCUT2D eigenvalue weighted by molar-refractivity contribution is 0.0919. The number of hydrogen-bond acceptors (Lipinski definition) is 2. The van der Waals surface area contributed by atoms with Gasteiger partial charge in [-0.3, -0.25) is 9.79 Å². The van der Waals surface area contributed by atoms with E-state index in [9.17, 15) is 9.18 Å². The predicted octanol–water partition coefficient (Wildman–Crippen LogP) is 3.84. The number of amides is 1. The molecule has 2 aromatic carbocycles. The predicted molar refractivity (Wildman–Crippen MR) is 123 cm³/mol. The molecule has 0 heterocycles. The summed E-state index contributed by atoms with van der Waals surface area (Å²) in [5.74, 6) is 0.240. The molecule has 1 amide bonds. The minimum atomic E-state index is -0.284. The van der Waals surface area contributed by atoms with E-state index in [2.05, 4.69) is 20.9 Å². The Morgan fingerprint density at radius 3 is 2.11 bits per heavy atom. The number of aliphatic imine (C=N–C) groups is 1. The van der Waals surface area contributed by atoms with Gasteiger partial charge in [0.2, 0.25) is 0 Å². The first kappa shape index (κ1) is 23.9. The Balaban J connectivity index is 0.00000392. The molecule has 0 bridgehead atoms. The van der Waals surface area contributed by atoms with Gasteiger partial charge in [0.05, 0.1) is 0 Å². The van der Waals surface area contributed by atoms with Crippen molar-refractivity contribution in [3.8, 4) is 0 Å². The Morgan fingerprint density at radius 2 is 1.57 bits per heavy atom. The molecule has 0 saturated heterocycles. The fraction of sp³-hybridized carbons (Fsp3) is 0.333. The smallest absolute Gasteiger partial charge is 0.251 e. The van der Waals surface area contributed by atoms with E-state index < -0.39 is 0 Å². The second-order valence-electron chi connectivity index (χ2n) is 7.31. The summed E-state index contributed by atoms with van der Waals surface area (Å²) >= 11 is 0. The van der Waals surface area contributed by atoms with Crippen molar-refractivity contribution in [1.29, 1.82) is 0 Å². The Bertz CT molecular complexity index is 818. The number of carbonyl (C=O) groups is 1. The SMILES string of the molecule is CN=C(NCc1cccc(F)c1)NCc1cccc(C(=O)NC(C)(C)C)c1.I.